The molecule has 3 rings (SSSR count). The maximum atomic E-state index is 12.9. The molecule has 7 heteroatoms. The van der Waals surface area contributed by atoms with Crippen LogP contribution in [0.15, 0.2) is 18.5 Å². The highest BCUT2D eigenvalue weighted by atomic mass is 16.5. The summed E-state index contributed by atoms with van der Waals surface area (Å²) >= 11 is 0. The highest BCUT2D eigenvalue weighted by Gasteiger charge is 2.44. The number of hydrogen-bond acceptors (Lipinski definition) is 4. The summed E-state index contributed by atoms with van der Waals surface area (Å²) in [6.45, 7) is 1.91. The van der Waals surface area contributed by atoms with E-state index in [2.05, 4.69) is 10.4 Å². The molecule has 2 amide bonds. The second kappa shape index (κ2) is 6.70. The van der Waals surface area contributed by atoms with Gasteiger partial charge in [-0.25, -0.2) is 0 Å². The smallest absolute Gasteiger partial charge is 0.248 e. The molecule has 1 N–H and O–H groups in total. The van der Waals surface area contributed by atoms with Crippen molar-refractivity contribution >= 4 is 11.8 Å². The lowest BCUT2D eigenvalue weighted by Crippen LogP contribution is -2.56. The molecule has 0 aromatic carbocycles. The van der Waals surface area contributed by atoms with Crippen LogP contribution >= 0.6 is 0 Å². The van der Waals surface area contributed by atoms with Crippen LogP contribution in [0.4, 0.5) is 0 Å². The van der Waals surface area contributed by atoms with Crippen molar-refractivity contribution in [1.29, 1.82) is 0 Å². The van der Waals surface area contributed by atoms with Crippen LogP contribution in [0.2, 0.25) is 0 Å². The first kappa shape index (κ1) is 16.0. The number of ether oxygens (including phenoxy) is 1. The number of nitrogens with one attached hydrogen (secondary N) is 1. The number of nitrogens with zero attached hydrogens (tertiary/aromatic N) is 3. The Hall–Kier alpha value is -1.89. The summed E-state index contributed by atoms with van der Waals surface area (Å²) in [7, 11) is 1.52. The van der Waals surface area contributed by atoms with E-state index in [9.17, 15) is 9.59 Å². The van der Waals surface area contributed by atoms with Gasteiger partial charge in [-0.2, -0.15) is 5.10 Å². The van der Waals surface area contributed by atoms with Crippen molar-refractivity contribution in [2.24, 2.45) is 5.92 Å². The van der Waals surface area contributed by atoms with Gasteiger partial charge in [-0.1, -0.05) is 0 Å². The number of rotatable bonds is 6. The molecule has 1 saturated heterocycles. The molecule has 0 bridgehead atoms. The molecule has 0 atom stereocenters. The minimum absolute atomic E-state index is 0.0203. The Morgan fingerprint density at radius 3 is 2.65 bits per heavy atom. The molecule has 0 radical (unpaired) electrons. The van der Waals surface area contributed by atoms with Crippen molar-refractivity contribution in [1.82, 2.24) is 20.0 Å². The monoisotopic (exact) mass is 320 g/mol. The first-order valence-electron chi connectivity index (χ1n) is 8.21. The number of hydrogen-bond donors (Lipinski definition) is 1. The summed E-state index contributed by atoms with van der Waals surface area (Å²) < 4.78 is 6.67. The van der Waals surface area contributed by atoms with Gasteiger partial charge in [-0.3, -0.25) is 14.3 Å². The predicted molar refractivity (Wildman–Crippen MR) is 83.6 cm³/mol. The molecular weight excluding hydrogens is 296 g/mol. The fourth-order valence-corrected chi connectivity index (χ4v) is 3.15. The third-order valence-corrected chi connectivity index (χ3v) is 4.82. The van der Waals surface area contributed by atoms with Crippen LogP contribution in [0, 0.1) is 5.92 Å². The molecular formula is C16H24N4O3. The fourth-order valence-electron chi connectivity index (χ4n) is 3.15. The van der Waals surface area contributed by atoms with Gasteiger partial charge in [0.2, 0.25) is 11.8 Å². The van der Waals surface area contributed by atoms with Crippen molar-refractivity contribution in [3.63, 3.8) is 0 Å². The number of aromatic nitrogens is 2. The van der Waals surface area contributed by atoms with E-state index in [4.69, 9.17) is 4.74 Å². The zero-order chi connectivity index (χ0) is 16.3. The Labute approximate surface area is 136 Å². The second-order valence-corrected chi connectivity index (χ2v) is 6.45. The number of carbonyl (C=O) groups excluding carboxylic acids is 2. The topological polar surface area (TPSA) is 76.5 Å². The number of likely N-dealkylation sites (tertiary alicyclic amines) is 1. The molecule has 0 spiro atoms. The van der Waals surface area contributed by atoms with E-state index in [1.165, 1.54) is 20.0 Å². The summed E-state index contributed by atoms with van der Waals surface area (Å²) in [5.74, 6) is 0.629. The summed E-state index contributed by atoms with van der Waals surface area (Å²) in [4.78, 5) is 26.6. The average Bonchev–Trinajstić information content (AvgIpc) is 3.23. The van der Waals surface area contributed by atoms with Gasteiger partial charge in [-0.05, 0) is 37.7 Å². The molecule has 126 valence electrons. The zero-order valence-corrected chi connectivity index (χ0v) is 13.5. The normalized spacial score (nSPS) is 20.3. The molecule has 1 aliphatic heterocycles. The van der Waals surface area contributed by atoms with Gasteiger partial charge in [0.25, 0.3) is 0 Å². The molecule has 7 nitrogen and oxygen atoms in total. The zero-order valence-electron chi connectivity index (χ0n) is 13.5. The van der Waals surface area contributed by atoms with Gasteiger partial charge >= 0.3 is 0 Å². The number of piperidine rings is 1. The largest absolute Gasteiger partial charge is 0.375 e. The van der Waals surface area contributed by atoms with Gasteiger partial charge in [0, 0.05) is 39.1 Å². The van der Waals surface area contributed by atoms with Crippen molar-refractivity contribution in [3.05, 3.63) is 18.5 Å². The molecule has 1 saturated carbocycles. The van der Waals surface area contributed by atoms with Crippen LogP contribution in [-0.2, 0) is 19.9 Å². The Morgan fingerprint density at radius 1 is 1.35 bits per heavy atom. The lowest BCUT2D eigenvalue weighted by atomic mass is 9.86. The molecule has 23 heavy (non-hydrogen) atoms. The van der Waals surface area contributed by atoms with Crippen molar-refractivity contribution in [2.45, 2.75) is 31.2 Å². The minimum Gasteiger partial charge on any atom is -0.375 e. The van der Waals surface area contributed by atoms with Crippen molar-refractivity contribution < 1.29 is 14.3 Å². The minimum atomic E-state index is -0.692. The fraction of sp³-hybridized carbons (Fsp3) is 0.688. The third-order valence-electron chi connectivity index (χ3n) is 4.82. The Bertz CT molecular complexity index is 546. The van der Waals surface area contributed by atoms with Gasteiger partial charge in [0.1, 0.15) is 12.1 Å². The lowest BCUT2D eigenvalue weighted by molar-refractivity contribution is -0.142. The van der Waals surface area contributed by atoms with E-state index in [1.807, 2.05) is 12.3 Å². The molecule has 2 fully saturated rings. The van der Waals surface area contributed by atoms with E-state index in [1.54, 1.807) is 15.8 Å². The second-order valence-electron chi connectivity index (χ2n) is 6.45. The summed E-state index contributed by atoms with van der Waals surface area (Å²) in [6, 6.07) is 1.83. The van der Waals surface area contributed by atoms with Gasteiger partial charge in [-0.15, -0.1) is 0 Å². The Morgan fingerprint density at radius 2 is 2.09 bits per heavy atom. The molecule has 1 aromatic heterocycles. The van der Waals surface area contributed by atoms with Gasteiger partial charge in [0.05, 0.1) is 0 Å². The van der Waals surface area contributed by atoms with Crippen LogP contribution in [-0.4, -0.2) is 59.8 Å². The predicted octanol–water partition coefficient (Wildman–Crippen LogP) is 0.373. The molecule has 2 heterocycles. The molecule has 2 aliphatic rings. The van der Waals surface area contributed by atoms with Crippen LogP contribution in [0.1, 0.15) is 25.7 Å². The quantitative estimate of drug-likeness (QED) is 0.822. The first-order valence-corrected chi connectivity index (χ1v) is 8.21. The molecule has 0 unspecified atom stereocenters. The summed E-state index contributed by atoms with van der Waals surface area (Å²) in [5, 5.41) is 7.39. The summed E-state index contributed by atoms with van der Waals surface area (Å²) in [6.07, 6.45) is 7.08. The number of methoxy groups -OCH3 is 1. The number of amides is 2. The van der Waals surface area contributed by atoms with E-state index < -0.39 is 5.54 Å². The van der Waals surface area contributed by atoms with E-state index in [-0.39, 0.29) is 18.4 Å². The maximum Gasteiger partial charge on any atom is 0.248 e. The van der Waals surface area contributed by atoms with Crippen molar-refractivity contribution in [3.8, 4) is 0 Å². The standard InChI is InChI=1S/C16H24N4O3/c1-23-12-14(21)19-9-5-16(6-10-19,20-8-2-7-18-20)15(22)17-11-13-3-4-13/h2,7-8,13H,3-6,9-12H2,1H3,(H,17,22). The van der Waals surface area contributed by atoms with E-state index in [0.29, 0.717) is 31.8 Å². The van der Waals surface area contributed by atoms with E-state index >= 15 is 0 Å². The SMILES string of the molecule is COCC(=O)N1CCC(C(=O)NCC2CC2)(n2cccn2)CC1. The summed E-state index contributed by atoms with van der Waals surface area (Å²) in [5.41, 5.74) is -0.692. The average molecular weight is 320 g/mol. The molecule has 1 aromatic rings. The highest BCUT2D eigenvalue weighted by molar-refractivity contribution is 5.85. The lowest BCUT2D eigenvalue weighted by Gasteiger charge is -2.40. The van der Waals surface area contributed by atoms with E-state index in [0.717, 1.165) is 6.54 Å². The van der Waals surface area contributed by atoms with Gasteiger partial charge < -0.3 is 15.0 Å². The number of carbonyl (C=O) groups is 2. The van der Waals surface area contributed by atoms with Crippen molar-refractivity contribution in [2.75, 3.05) is 33.4 Å². The van der Waals surface area contributed by atoms with Gasteiger partial charge in [0.15, 0.2) is 0 Å². The van der Waals surface area contributed by atoms with Crippen LogP contribution in [0.3, 0.4) is 0 Å². The third kappa shape index (κ3) is 3.39. The molecule has 1 aliphatic carbocycles. The van der Waals surface area contributed by atoms with Crippen LogP contribution in [0.25, 0.3) is 0 Å². The first-order chi connectivity index (χ1) is 11.2. The maximum absolute atomic E-state index is 12.9. The highest BCUT2D eigenvalue weighted by Crippen LogP contribution is 2.32. The van der Waals surface area contributed by atoms with Crippen LogP contribution < -0.4 is 5.32 Å². The van der Waals surface area contributed by atoms with Crippen LogP contribution in [0.5, 0.6) is 0 Å². The Balaban J connectivity index is 1.70. The Kier molecular flexibility index (Phi) is 4.66.